The summed E-state index contributed by atoms with van der Waals surface area (Å²) in [6.07, 6.45) is 0.731. The lowest BCUT2D eigenvalue weighted by Crippen LogP contribution is -2.45. The molecule has 0 bridgehead atoms. The Morgan fingerprint density at radius 3 is 2.35 bits per heavy atom. The van der Waals surface area contributed by atoms with E-state index >= 15 is 0 Å². The fourth-order valence-electron chi connectivity index (χ4n) is 4.63. The van der Waals surface area contributed by atoms with Crippen LogP contribution >= 0.6 is 0 Å². The van der Waals surface area contributed by atoms with Gasteiger partial charge in [0.05, 0.1) is 12.2 Å². The van der Waals surface area contributed by atoms with Crippen LogP contribution in [0, 0.1) is 5.41 Å². The number of halogens is 3. The number of hydrogen-bond donors (Lipinski definition) is 1. The monoisotopic (exact) mass is 514 g/mol. The Hall–Kier alpha value is -3.62. The molecule has 2 aromatic carbocycles. The van der Waals surface area contributed by atoms with Crippen molar-refractivity contribution in [3.63, 3.8) is 0 Å². The number of piperidine rings is 1. The number of rotatable bonds is 7. The number of anilines is 1. The first-order valence-electron chi connectivity index (χ1n) is 12.4. The Labute approximate surface area is 213 Å². The Morgan fingerprint density at radius 2 is 1.76 bits per heavy atom. The molecule has 196 valence electrons. The molecule has 1 saturated heterocycles. The minimum atomic E-state index is -4.44. The van der Waals surface area contributed by atoms with E-state index in [9.17, 15) is 27.6 Å². The molecular formula is C28H29F3N2O4. The quantitative estimate of drug-likeness (QED) is 0.305. The van der Waals surface area contributed by atoms with E-state index < -0.39 is 29.0 Å². The van der Waals surface area contributed by atoms with Crippen LogP contribution in [0.5, 0.6) is 0 Å². The number of nitrogens with one attached hydrogen (secondary N) is 1. The Balaban J connectivity index is 1.28. The fraction of sp³-hybridized carbons (Fsp3) is 0.393. The predicted octanol–water partition coefficient (Wildman–Crippen LogP) is 5.41. The van der Waals surface area contributed by atoms with Crippen LogP contribution in [0.4, 0.5) is 18.9 Å². The second-order valence-electron chi connectivity index (χ2n) is 9.44. The third-order valence-corrected chi connectivity index (χ3v) is 6.90. The fourth-order valence-corrected chi connectivity index (χ4v) is 4.63. The molecule has 1 saturated carbocycles. The van der Waals surface area contributed by atoms with Crippen molar-refractivity contribution in [3.8, 4) is 0 Å². The first kappa shape index (κ1) is 26.4. The van der Waals surface area contributed by atoms with E-state index in [1.165, 1.54) is 24.3 Å². The van der Waals surface area contributed by atoms with Gasteiger partial charge >= 0.3 is 12.1 Å². The highest BCUT2D eigenvalue weighted by atomic mass is 19.4. The average Bonchev–Trinajstić information content (AvgIpc) is 3.70. The molecular weight excluding hydrogens is 485 g/mol. The minimum Gasteiger partial charge on any atom is -0.465 e. The SMILES string of the molecule is CCOC(=O)C1(C(=O)N2CCC(c3ccc(NC(=O)/C=C/c4cccc(C(F)(F)F)c4)cc3)CC2)CC1. The molecule has 1 aliphatic carbocycles. The van der Waals surface area contributed by atoms with Gasteiger partial charge in [-0.2, -0.15) is 13.2 Å². The van der Waals surface area contributed by atoms with Crippen molar-refractivity contribution in [2.45, 2.75) is 44.7 Å². The van der Waals surface area contributed by atoms with Crippen LogP contribution in [0.25, 0.3) is 6.08 Å². The maximum absolute atomic E-state index is 12.9. The third kappa shape index (κ3) is 6.21. The summed E-state index contributed by atoms with van der Waals surface area (Å²) in [5, 5.41) is 2.71. The molecule has 0 unspecified atom stereocenters. The van der Waals surface area contributed by atoms with Crippen LogP contribution < -0.4 is 5.32 Å². The van der Waals surface area contributed by atoms with Gasteiger partial charge in [-0.1, -0.05) is 24.3 Å². The lowest BCUT2D eigenvalue weighted by Gasteiger charge is -2.34. The van der Waals surface area contributed by atoms with Crippen LogP contribution in [-0.4, -0.2) is 42.4 Å². The number of carbonyl (C=O) groups excluding carboxylic acids is 3. The number of likely N-dealkylation sites (tertiary alicyclic amines) is 1. The van der Waals surface area contributed by atoms with Gasteiger partial charge in [0.15, 0.2) is 0 Å². The summed E-state index contributed by atoms with van der Waals surface area (Å²) < 4.78 is 43.6. The van der Waals surface area contributed by atoms with Gasteiger partial charge in [0, 0.05) is 24.9 Å². The normalized spacial score (nSPS) is 17.5. The first-order chi connectivity index (χ1) is 17.6. The van der Waals surface area contributed by atoms with E-state index in [0.717, 1.165) is 30.5 Å². The number of esters is 1. The molecule has 0 radical (unpaired) electrons. The molecule has 4 rings (SSSR count). The molecule has 2 aromatic rings. The van der Waals surface area contributed by atoms with Crippen LogP contribution in [0.15, 0.2) is 54.6 Å². The number of ether oxygens (including phenoxy) is 1. The lowest BCUT2D eigenvalue weighted by atomic mass is 9.88. The number of nitrogens with zero attached hydrogens (tertiary/aromatic N) is 1. The molecule has 37 heavy (non-hydrogen) atoms. The zero-order valence-electron chi connectivity index (χ0n) is 20.5. The van der Waals surface area contributed by atoms with E-state index in [0.29, 0.717) is 31.6 Å². The largest absolute Gasteiger partial charge is 0.465 e. The van der Waals surface area contributed by atoms with Gasteiger partial charge in [0.2, 0.25) is 11.8 Å². The molecule has 6 nitrogen and oxygen atoms in total. The van der Waals surface area contributed by atoms with Crippen LogP contribution in [-0.2, 0) is 25.3 Å². The van der Waals surface area contributed by atoms with E-state index in [1.54, 1.807) is 24.0 Å². The van der Waals surface area contributed by atoms with Crippen molar-refractivity contribution in [3.05, 3.63) is 71.3 Å². The highest BCUT2D eigenvalue weighted by molar-refractivity contribution is 6.05. The number of benzene rings is 2. The van der Waals surface area contributed by atoms with Crippen molar-refractivity contribution in [1.82, 2.24) is 4.90 Å². The summed E-state index contributed by atoms with van der Waals surface area (Å²) in [5.41, 5.74) is 0.196. The smallest absolute Gasteiger partial charge is 0.416 e. The second-order valence-corrected chi connectivity index (χ2v) is 9.44. The Morgan fingerprint density at radius 1 is 1.08 bits per heavy atom. The van der Waals surface area contributed by atoms with Gasteiger partial charge in [0.1, 0.15) is 5.41 Å². The molecule has 0 aromatic heterocycles. The van der Waals surface area contributed by atoms with Crippen molar-refractivity contribution in [2.75, 3.05) is 25.0 Å². The van der Waals surface area contributed by atoms with Crippen molar-refractivity contribution in [1.29, 1.82) is 0 Å². The zero-order chi connectivity index (χ0) is 26.6. The maximum Gasteiger partial charge on any atom is 0.416 e. The summed E-state index contributed by atoms with van der Waals surface area (Å²) in [6.45, 7) is 3.14. The second kappa shape index (κ2) is 10.8. The molecule has 9 heteroatoms. The number of carbonyl (C=O) groups is 3. The summed E-state index contributed by atoms with van der Waals surface area (Å²) in [6, 6.07) is 12.2. The molecule has 2 aliphatic rings. The molecule has 1 aliphatic heterocycles. The molecule has 0 atom stereocenters. The molecule has 1 N–H and O–H groups in total. The minimum absolute atomic E-state index is 0.124. The van der Waals surface area contributed by atoms with E-state index in [1.807, 2.05) is 12.1 Å². The standard InChI is InChI=1S/C28H29F3N2O4/c1-2-37-26(36)27(14-15-27)25(35)33-16-12-21(13-17-33)20-7-9-23(10-8-20)32-24(34)11-6-19-4-3-5-22(18-19)28(29,30)31/h3-11,18,21H,2,12-17H2,1H3,(H,32,34)/b11-6+. The molecule has 2 fully saturated rings. The van der Waals surface area contributed by atoms with Crippen LogP contribution in [0.1, 0.15) is 55.2 Å². The summed E-state index contributed by atoms with van der Waals surface area (Å²) in [4.78, 5) is 39.2. The van der Waals surface area contributed by atoms with Crippen molar-refractivity contribution < 1.29 is 32.3 Å². The van der Waals surface area contributed by atoms with E-state index in [2.05, 4.69) is 5.32 Å². The molecule has 2 amide bonds. The third-order valence-electron chi connectivity index (χ3n) is 6.90. The van der Waals surface area contributed by atoms with Crippen LogP contribution in [0.3, 0.4) is 0 Å². The summed E-state index contributed by atoms with van der Waals surface area (Å²) in [7, 11) is 0. The van der Waals surface area contributed by atoms with E-state index in [4.69, 9.17) is 4.74 Å². The van der Waals surface area contributed by atoms with E-state index in [-0.39, 0.29) is 24.0 Å². The summed E-state index contributed by atoms with van der Waals surface area (Å²) >= 11 is 0. The Kier molecular flexibility index (Phi) is 7.71. The van der Waals surface area contributed by atoms with Gasteiger partial charge in [-0.05, 0) is 80.0 Å². The number of alkyl halides is 3. The van der Waals surface area contributed by atoms with Gasteiger partial charge in [0.25, 0.3) is 0 Å². The van der Waals surface area contributed by atoms with Crippen molar-refractivity contribution in [2.24, 2.45) is 5.41 Å². The number of hydrogen-bond acceptors (Lipinski definition) is 4. The lowest BCUT2D eigenvalue weighted by molar-refractivity contribution is -0.158. The van der Waals surface area contributed by atoms with Gasteiger partial charge in [-0.15, -0.1) is 0 Å². The topological polar surface area (TPSA) is 75.7 Å². The highest BCUT2D eigenvalue weighted by Gasteiger charge is 2.59. The molecule has 0 spiro atoms. The Bertz CT molecular complexity index is 1180. The van der Waals surface area contributed by atoms with Crippen LogP contribution in [0.2, 0.25) is 0 Å². The maximum atomic E-state index is 12.9. The average molecular weight is 515 g/mol. The van der Waals surface area contributed by atoms with Gasteiger partial charge in [-0.3, -0.25) is 14.4 Å². The first-order valence-corrected chi connectivity index (χ1v) is 12.4. The predicted molar refractivity (Wildman–Crippen MR) is 132 cm³/mol. The van der Waals surface area contributed by atoms with Gasteiger partial charge in [-0.25, -0.2) is 0 Å². The van der Waals surface area contributed by atoms with Gasteiger partial charge < -0.3 is 15.0 Å². The number of amides is 2. The highest BCUT2D eigenvalue weighted by Crippen LogP contribution is 2.49. The van der Waals surface area contributed by atoms with Crippen molar-refractivity contribution >= 4 is 29.5 Å². The summed E-state index contributed by atoms with van der Waals surface area (Å²) in [5.74, 6) is -0.731. The zero-order valence-corrected chi connectivity index (χ0v) is 20.5. The molecule has 1 heterocycles.